The molecule has 0 radical (unpaired) electrons. The van der Waals surface area contributed by atoms with Gasteiger partial charge in [-0.2, -0.15) is 0 Å². The molecule has 1 saturated heterocycles. The van der Waals surface area contributed by atoms with E-state index in [0.717, 1.165) is 11.1 Å². The average Bonchev–Trinajstić information content (AvgIpc) is 2.71. The molecule has 1 atom stereocenters. The van der Waals surface area contributed by atoms with Crippen LogP contribution in [0.3, 0.4) is 0 Å². The fraction of sp³-hybridized carbons (Fsp3) is 0.520. The van der Waals surface area contributed by atoms with Gasteiger partial charge in [-0.3, -0.25) is 4.79 Å². The van der Waals surface area contributed by atoms with E-state index in [4.69, 9.17) is 9.47 Å². The number of hydrogen-bond acceptors (Lipinski definition) is 4. The van der Waals surface area contributed by atoms with Crippen LogP contribution >= 0.6 is 0 Å². The molecule has 5 nitrogen and oxygen atoms in total. The van der Waals surface area contributed by atoms with E-state index in [1.54, 1.807) is 4.90 Å². The van der Waals surface area contributed by atoms with Crippen LogP contribution in [0.15, 0.2) is 58.7 Å². The maximum atomic E-state index is 12.9. The third kappa shape index (κ3) is 6.30. The molecule has 1 fully saturated rings. The second-order valence-electron chi connectivity index (χ2n) is 8.60. The number of ketones is 1. The van der Waals surface area contributed by atoms with Gasteiger partial charge in [0.1, 0.15) is 0 Å². The predicted octanol–water partition coefficient (Wildman–Crippen LogP) is 5.16. The molecule has 0 aromatic rings. The van der Waals surface area contributed by atoms with Crippen molar-refractivity contribution >= 4 is 11.9 Å². The van der Waals surface area contributed by atoms with Crippen LogP contribution < -0.4 is 0 Å². The van der Waals surface area contributed by atoms with Crippen LogP contribution in [0.25, 0.3) is 0 Å². The van der Waals surface area contributed by atoms with Crippen LogP contribution in [0.1, 0.15) is 48.0 Å². The second kappa shape index (κ2) is 10.6. The lowest BCUT2D eigenvalue weighted by molar-refractivity contribution is -0.126. The standard InChI is InChI=1S/C25H35NO4/c1-7-18(2)9-8-10-19(3)11-12-21-20(4)23(27)22(17-25(21,5)6)30-24(28)26-13-15-29-16-14-26/h7-12,22H,13-17H2,1-6H3. The summed E-state index contributed by atoms with van der Waals surface area (Å²) in [4.78, 5) is 27.0. The number of amides is 1. The summed E-state index contributed by atoms with van der Waals surface area (Å²) in [6, 6.07) is 0. The van der Waals surface area contributed by atoms with Crippen molar-refractivity contribution in [3.8, 4) is 0 Å². The summed E-state index contributed by atoms with van der Waals surface area (Å²) in [5.74, 6) is -0.110. The normalized spacial score (nSPS) is 23.6. The second-order valence-corrected chi connectivity index (χ2v) is 8.60. The monoisotopic (exact) mass is 413 g/mol. The molecule has 0 aromatic carbocycles. The van der Waals surface area contributed by atoms with Crippen molar-refractivity contribution < 1.29 is 19.1 Å². The third-order valence-corrected chi connectivity index (χ3v) is 5.69. The fourth-order valence-corrected chi connectivity index (χ4v) is 3.65. The Morgan fingerprint density at radius 3 is 2.47 bits per heavy atom. The summed E-state index contributed by atoms with van der Waals surface area (Å²) in [7, 11) is 0. The highest BCUT2D eigenvalue weighted by Crippen LogP contribution is 2.40. The van der Waals surface area contributed by atoms with Gasteiger partial charge in [-0.05, 0) is 44.3 Å². The van der Waals surface area contributed by atoms with E-state index in [-0.39, 0.29) is 11.2 Å². The highest BCUT2D eigenvalue weighted by atomic mass is 16.6. The van der Waals surface area contributed by atoms with Crippen LogP contribution in [-0.4, -0.2) is 49.2 Å². The molecule has 1 amide bonds. The summed E-state index contributed by atoms with van der Waals surface area (Å²) < 4.78 is 10.9. The summed E-state index contributed by atoms with van der Waals surface area (Å²) >= 11 is 0. The van der Waals surface area contributed by atoms with Crippen LogP contribution in [0.2, 0.25) is 0 Å². The van der Waals surface area contributed by atoms with Crippen LogP contribution in [0.5, 0.6) is 0 Å². The van der Waals surface area contributed by atoms with E-state index in [1.165, 1.54) is 5.57 Å². The van der Waals surface area contributed by atoms with Gasteiger partial charge < -0.3 is 14.4 Å². The number of allylic oxidation sites excluding steroid dienone is 9. The molecule has 0 saturated carbocycles. The average molecular weight is 414 g/mol. The van der Waals surface area contributed by atoms with Gasteiger partial charge in [0.25, 0.3) is 0 Å². The third-order valence-electron chi connectivity index (χ3n) is 5.69. The molecule has 2 rings (SSSR count). The minimum absolute atomic E-state index is 0.110. The predicted molar refractivity (Wildman–Crippen MR) is 120 cm³/mol. The number of Topliss-reactive ketones (excluding diaryl/α,β-unsaturated/α-hetero) is 1. The molecule has 0 N–H and O–H groups in total. The maximum Gasteiger partial charge on any atom is 0.410 e. The zero-order valence-electron chi connectivity index (χ0n) is 19.2. The molecule has 5 heteroatoms. The van der Waals surface area contributed by atoms with Crippen molar-refractivity contribution in [2.24, 2.45) is 5.41 Å². The van der Waals surface area contributed by atoms with Crippen molar-refractivity contribution in [2.45, 2.75) is 54.1 Å². The Balaban J connectivity index is 2.13. The van der Waals surface area contributed by atoms with Gasteiger partial charge in [0.2, 0.25) is 0 Å². The Morgan fingerprint density at radius 2 is 1.83 bits per heavy atom. The number of hydrogen-bond donors (Lipinski definition) is 0. The van der Waals surface area contributed by atoms with E-state index in [2.05, 4.69) is 32.9 Å². The number of carbonyl (C=O) groups excluding carboxylic acids is 2. The smallest absolute Gasteiger partial charge is 0.410 e. The summed E-state index contributed by atoms with van der Waals surface area (Å²) in [5.41, 5.74) is 3.68. The van der Waals surface area contributed by atoms with Gasteiger partial charge in [0.05, 0.1) is 13.2 Å². The first-order valence-electron chi connectivity index (χ1n) is 10.6. The lowest BCUT2D eigenvalue weighted by atomic mass is 9.71. The first-order valence-corrected chi connectivity index (χ1v) is 10.6. The molecule has 2 aliphatic rings. The molecular formula is C25H35NO4. The highest BCUT2D eigenvalue weighted by molar-refractivity contribution is 6.01. The molecule has 0 aromatic heterocycles. The SMILES string of the molecule is CC=C(C)C=CC=C(C)C=CC1=C(C)C(=O)C(OC(=O)N2CCOCC2)CC1(C)C. The van der Waals surface area contributed by atoms with Crippen molar-refractivity contribution in [1.82, 2.24) is 4.90 Å². The molecule has 1 heterocycles. The molecule has 1 aliphatic heterocycles. The molecule has 30 heavy (non-hydrogen) atoms. The van der Waals surface area contributed by atoms with Crippen molar-refractivity contribution in [3.05, 3.63) is 58.7 Å². The molecule has 1 unspecified atom stereocenters. The molecule has 1 aliphatic carbocycles. The topological polar surface area (TPSA) is 55.8 Å². The van der Waals surface area contributed by atoms with E-state index < -0.39 is 12.2 Å². The van der Waals surface area contributed by atoms with Crippen molar-refractivity contribution in [2.75, 3.05) is 26.3 Å². The Morgan fingerprint density at radius 1 is 1.17 bits per heavy atom. The van der Waals surface area contributed by atoms with Gasteiger partial charge in [-0.1, -0.05) is 61.4 Å². The zero-order valence-corrected chi connectivity index (χ0v) is 19.2. The van der Waals surface area contributed by atoms with Crippen molar-refractivity contribution in [3.63, 3.8) is 0 Å². The molecule has 0 spiro atoms. The number of nitrogens with zero attached hydrogens (tertiary/aromatic N) is 1. The molecule has 0 bridgehead atoms. The van der Waals surface area contributed by atoms with Gasteiger partial charge in [0, 0.05) is 19.5 Å². The summed E-state index contributed by atoms with van der Waals surface area (Å²) in [5, 5.41) is 0. The zero-order chi connectivity index (χ0) is 22.3. The summed E-state index contributed by atoms with van der Waals surface area (Å²) in [6.07, 6.45) is 11.5. The van der Waals surface area contributed by atoms with Crippen molar-refractivity contribution in [1.29, 1.82) is 0 Å². The van der Waals surface area contributed by atoms with E-state index in [9.17, 15) is 9.59 Å². The Kier molecular flexibility index (Phi) is 8.42. The highest BCUT2D eigenvalue weighted by Gasteiger charge is 2.40. The largest absolute Gasteiger partial charge is 0.438 e. The van der Waals surface area contributed by atoms with E-state index in [0.29, 0.717) is 38.3 Å². The fourth-order valence-electron chi connectivity index (χ4n) is 3.65. The number of morpholine rings is 1. The van der Waals surface area contributed by atoms with Crippen LogP contribution in [0, 0.1) is 5.41 Å². The van der Waals surface area contributed by atoms with E-state index >= 15 is 0 Å². The number of carbonyl (C=O) groups is 2. The minimum Gasteiger partial charge on any atom is -0.438 e. The minimum atomic E-state index is -0.740. The quantitative estimate of drug-likeness (QED) is 0.584. The van der Waals surface area contributed by atoms with Crippen LogP contribution in [0.4, 0.5) is 4.79 Å². The van der Waals surface area contributed by atoms with Gasteiger partial charge in [-0.15, -0.1) is 0 Å². The Labute approximate surface area is 180 Å². The summed E-state index contributed by atoms with van der Waals surface area (Å²) in [6.45, 7) is 14.1. The molecule has 164 valence electrons. The number of ether oxygens (including phenoxy) is 2. The first-order chi connectivity index (χ1) is 14.2. The van der Waals surface area contributed by atoms with Gasteiger partial charge >= 0.3 is 6.09 Å². The Hall–Kier alpha value is -2.40. The van der Waals surface area contributed by atoms with Crippen LogP contribution in [-0.2, 0) is 14.3 Å². The maximum absolute atomic E-state index is 12.9. The molecular weight excluding hydrogens is 378 g/mol. The van der Waals surface area contributed by atoms with Gasteiger partial charge in [0.15, 0.2) is 11.9 Å². The Bertz CT molecular complexity index is 805. The lowest BCUT2D eigenvalue weighted by Crippen LogP contribution is -2.45. The lowest BCUT2D eigenvalue weighted by Gasteiger charge is -2.37. The first kappa shape index (κ1) is 23.9. The van der Waals surface area contributed by atoms with Gasteiger partial charge in [-0.25, -0.2) is 4.79 Å². The van der Waals surface area contributed by atoms with E-state index in [1.807, 2.05) is 45.1 Å². The number of rotatable bonds is 5.